The summed E-state index contributed by atoms with van der Waals surface area (Å²) >= 11 is 1.59. The van der Waals surface area contributed by atoms with Crippen LogP contribution in [0.3, 0.4) is 0 Å². The van der Waals surface area contributed by atoms with Gasteiger partial charge in [0.1, 0.15) is 11.6 Å². The molecule has 118 valence electrons. The topological polar surface area (TPSA) is 51.2 Å². The number of para-hydroxylation sites is 1. The summed E-state index contributed by atoms with van der Waals surface area (Å²) < 4.78 is 6.60. The van der Waals surface area contributed by atoms with Crippen molar-refractivity contribution in [2.45, 2.75) is 20.5 Å². The summed E-state index contributed by atoms with van der Waals surface area (Å²) in [5.41, 5.74) is 4.12. The Balaban J connectivity index is 1.51. The van der Waals surface area contributed by atoms with Gasteiger partial charge in [-0.05, 0) is 49.2 Å². The average molecular weight is 326 g/mol. The van der Waals surface area contributed by atoms with Gasteiger partial charge < -0.3 is 10.1 Å². The van der Waals surface area contributed by atoms with E-state index in [0.29, 0.717) is 6.61 Å². The van der Waals surface area contributed by atoms with Gasteiger partial charge in [-0.3, -0.25) is 4.79 Å². The first-order chi connectivity index (χ1) is 11.1. The minimum atomic E-state index is -0.158. The van der Waals surface area contributed by atoms with Gasteiger partial charge in [0.25, 0.3) is 0 Å². The highest BCUT2D eigenvalue weighted by Gasteiger charge is 2.06. The van der Waals surface area contributed by atoms with E-state index in [1.807, 2.05) is 56.3 Å². The summed E-state index contributed by atoms with van der Waals surface area (Å²) in [6.45, 7) is 4.43. The fourth-order valence-electron chi connectivity index (χ4n) is 2.23. The monoisotopic (exact) mass is 326 g/mol. The quantitative estimate of drug-likeness (QED) is 0.769. The molecule has 0 radical (unpaired) electrons. The molecule has 2 aromatic carbocycles. The molecule has 3 aromatic rings. The van der Waals surface area contributed by atoms with Crippen LogP contribution in [0, 0.1) is 13.8 Å². The predicted octanol–water partition coefficient (Wildman–Crippen LogP) is 4.07. The largest absolute Gasteiger partial charge is 0.364 e. The number of hydrogen-bond acceptors (Lipinski definition) is 4. The zero-order valence-electron chi connectivity index (χ0n) is 13.1. The number of hydrogen-bond donors (Lipinski definition) is 1. The van der Waals surface area contributed by atoms with Gasteiger partial charge in [-0.2, -0.15) is 0 Å². The van der Waals surface area contributed by atoms with Gasteiger partial charge >= 0.3 is 0 Å². The standard InChI is InChI=1S/C18H18N2O2S/c1-12-7-8-14(9-13(12)2)19-17(21)10-22-11-18-20-15-5-3-4-6-16(15)23-18/h3-9H,10-11H2,1-2H3,(H,19,21). The summed E-state index contributed by atoms with van der Waals surface area (Å²) in [7, 11) is 0. The molecule has 0 aliphatic heterocycles. The van der Waals surface area contributed by atoms with Crippen LogP contribution in [0.2, 0.25) is 0 Å². The van der Waals surface area contributed by atoms with E-state index in [0.717, 1.165) is 26.5 Å². The molecule has 5 heteroatoms. The van der Waals surface area contributed by atoms with E-state index in [-0.39, 0.29) is 12.5 Å². The van der Waals surface area contributed by atoms with Crippen LogP contribution in [0.25, 0.3) is 10.2 Å². The number of anilines is 1. The fourth-order valence-corrected chi connectivity index (χ4v) is 3.13. The van der Waals surface area contributed by atoms with Crippen molar-refractivity contribution in [3.05, 3.63) is 58.6 Å². The summed E-state index contributed by atoms with van der Waals surface area (Å²) in [4.78, 5) is 16.4. The van der Waals surface area contributed by atoms with E-state index < -0.39 is 0 Å². The first-order valence-corrected chi connectivity index (χ1v) is 8.23. The second-order valence-electron chi connectivity index (χ2n) is 5.42. The number of carbonyl (C=O) groups is 1. The van der Waals surface area contributed by atoms with Gasteiger partial charge in [0, 0.05) is 5.69 Å². The number of rotatable bonds is 5. The van der Waals surface area contributed by atoms with Crippen molar-refractivity contribution in [2.24, 2.45) is 0 Å². The average Bonchev–Trinajstić information content (AvgIpc) is 2.93. The zero-order valence-corrected chi connectivity index (χ0v) is 13.9. The number of thiazole rings is 1. The van der Waals surface area contributed by atoms with E-state index in [9.17, 15) is 4.79 Å². The molecule has 1 heterocycles. The van der Waals surface area contributed by atoms with Gasteiger partial charge in [-0.25, -0.2) is 4.98 Å². The van der Waals surface area contributed by atoms with Gasteiger partial charge in [0.15, 0.2) is 0 Å². The predicted molar refractivity (Wildman–Crippen MR) is 93.8 cm³/mol. The molecule has 0 spiro atoms. The van der Waals surface area contributed by atoms with Crippen molar-refractivity contribution in [1.82, 2.24) is 4.98 Å². The Hall–Kier alpha value is -2.24. The van der Waals surface area contributed by atoms with Crippen LogP contribution >= 0.6 is 11.3 Å². The number of nitrogens with zero attached hydrogens (tertiary/aromatic N) is 1. The molecule has 0 saturated heterocycles. The second-order valence-corrected chi connectivity index (χ2v) is 6.53. The number of amides is 1. The molecule has 3 rings (SSSR count). The third kappa shape index (κ3) is 3.94. The van der Waals surface area contributed by atoms with Crippen molar-refractivity contribution < 1.29 is 9.53 Å². The van der Waals surface area contributed by atoms with Gasteiger partial charge in [-0.15, -0.1) is 11.3 Å². The third-order valence-electron chi connectivity index (χ3n) is 3.59. The third-order valence-corrected chi connectivity index (χ3v) is 4.60. The summed E-state index contributed by atoms with van der Waals surface area (Å²) in [6, 6.07) is 13.8. The molecule has 0 atom stereocenters. The van der Waals surface area contributed by atoms with Crippen molar-refractivity contribution in [1.29, 1.82) is 0 Å². The number of aryl methyl sites for hydroxylation is 2. The molecule has 0 aliphatic carbocycles. The van der Waals surface area contributed by atoms with Crippen molar-refractivity contribution in [3.63, 3.8) is 0 Å². The highest BCUT2D eigenvalue weighted by molar-refractivity contribution is 7.18. The molecule has 4 nitrogen and oxygen atoms in total. The highest BCUT2D eigenvalue weighted by Crippen LogP contribution is 2.22. The number of ether oxygens (including phenoxy) is 1. The summed E-state index contributed by atoms with van der Waals surface area (Å²) in [5, 5.41) is 3.72. The Labute approximate surface area is 139 Å². The summed E-state index contributed by atoms with van der Waals surface area (Å²) in [6.07, 6.45) is 0. The minimum absolute atomic E-state index is 0.0167. The van der Waals surface area contributed by atoms with E-state index in [1.165, 1.54) is 5.56 Å². The molecule has 0 saturated carbocycles. The number of aromatic nitrogens is 1. The Bertz CT molecular complexity index is 809. The maximum Gasteiger partial charge on any atom is 0.250 e. The van der Waals surface area contributed by atoms with Crippen LogP contribution in [-0.2, 0) is 16.1 Å². The molecule has 0 unspecified atom stereocenters. The smallest absolute Gasteiger partial charge is 0.250 e. The van der Waals surface area contributed by atoms with Crippen molar-refractivity contribution in [3.8, 4) is 0 Å². The van der Waals surface area contributed by atoms with Crippen LogP contribution in [0.1, 0.15) is 16.1 Å². The Morgan fingerprint density at radius 3 is 2.78 bits per heavy atom. The number of fused-ring (bicyclic) bond motifs is 1. The maximum absolute atomic E-state index is 11.9. The molecule has 1 aromatic heterocycles. The molecule has 0 aliphatic rings. The molecular formula is C18H18N2O2S. The van der Waals surface area contributed by atoms with Gasteiger partial charge in [0.05, 0.1) is 16.8 Å². The molecular weight excluding hydrogens is 308 g/mol. The van der Waals surface area contributed by atoms with Crippen LogP contribution < -0.4 is 5.32 Å². The molecule has 23 heavy (non-hydrogen) atoms. The second kappa shape index (κ2) is 6.89. The van der Waals surface area contributed by atoms with E-state index in [4.69, 9.17) is 4.74 Å². The Kier molecular flexibility index (Phi) is 4.69. The lowest BCUT2D eigenvalue weighted by molar-refractivity contribution is -0.121. The number of benzene rings is 2. The lowest BCUT2D eigenvalue weighted by Gasteiger charge is -2.07. The maximum atomic E-state index is 11.9. The normalized spacial score (nSPS) is 10.9. The summed E-state index contributed by atoms with van der Waals surface area (Å²) in [5.74, 6) is -0.158. The molecule has 1 N–H and O–H groups in total. The SMILES string of the molecule is Cc1ccc(NC(=O)COCc2nc3ccccc3s2)cc1C. The van der Waals surface area contributed by atoms with Crippen molar-refractivity contribution in [2.75, 3.05) is 11.9 Å². The fraction of sp³-hybridized carbons (Fsp3) is 0.222. The Morgan fingerprint density at radius 2 is 2.00 bits per heavy atom. The molecule has 0 bridgehead atoms. The molecule has 1 amide bonds. The minimum Gasteiger partial charge on any atom is -0.364 e. The van der Waals surface area contributed by atoms with Crippen LogP contribution in [0.5, 0.6) is 0 Å². The van der Waals surface area contributed by atoms with Crippen LogP contribution in [0.4, 0.5) is 5.69 Å². The zero-order chi connectivity index (χ0) is 16.2. The van der Waals surface area contributed by atoms with Crippen LogP contribution in [0.15, 0.2) is 42.5 Å². The van der Waals surface area contributed by atoms with E-state index in [1.54, 1.807) is 11.3 Å². The lowest BCUT2D eigenvalue weighted by atomic mass is 10.1. The van der Waals surface area contributed by atoms with Crippen LogP contribution in [-0.4, -0.2) is 17.5 Å². The van der Waals surface area contributed by atoms with E-state index >= 15 is 0 Å². The Morgan fingerprint density at radius 1 is 1.17 bits per heavy atom. The van der Waals surface area contributed by atoms with E-state index in [2.05, 4.69) is 10.3 Å². The molecule has 0 fully saturated rings. The van der Waals surface area contributed by atoms with Gasteiger partial charge in [-0.1, -0.05) is 18.2 Å². The van der Waals surface area contributed by atoms with Gasteiger partial charge in [0.2, 0.25) is 5.91 Å². The lowest BCUT2D eigenvalue weighted by Crippen LogP contribution is -2.18. The van der Waals surface area contributed by atoms with Crippen molar-refractivity contribution >= 4 is 33.1 Å². The number of nitrogens with one attached hydrogen (secondary N) is 1. The first-order valence-electron chi connectivity index (χ1n) is 7.41. The number of carbonyl (C=O) groups excluding carboxylic acids is 1. The highest BCUT2D eigenvalue weighted by atomic mass is 32.1. The first kappa shape index (κ1) is 15.6.